The highest BCUT2D eigenvalue weighted by Gasteiger charge is 2.25. The average Bonchev–Trinajstić information content (AvgIpc) is 2.77. The van der Waals surface area contributed by atoms with Gasteiger partial charge in [-0.3, -0.25) is 4.79 Å². The largest absolute Gasteiger partial charge is 0.480 e. The highest BCUT2D eigenvalue weighted by atomic mass is 16.5. The van der Waals surface area contributed by atoms with Gasteiger partial charge in [0.05, 0.1) is 6.10 Å². The van der Waals surface area contributed by atoms with Crippen LogP contribution in [-0.2, 0) is 14.3 Å². The topological polar surface area (TPSA) is 131 Å². The number of carbonyl (C=O) groups is 3. The maximum atomic E-state index is 11.6. The molecule has 8 nitrogen and oxygen atoms in total. The van der Waals surface area contributed by atoms with Gasteiger partial charge in [0.1, 0.15) is 6.04 Å². The predicted octanol–water partition coefficient (Wildman–Crippen LogP) is -0.571. The third-order valence-electron chi connectivity index (χ3n) is 3.34. The number of hydrogen-bond acceptors (Lipinski definition) is 4. The first kappa shape index (κ1) is 16.2. The molecular formula is C12H21N3O5. The molecular weight excluding hydrogens is 266 g/mol. The number of carbonyl (C=O) groups excluding carboxylic acids is 2. The molecule has 1 aliphatic rings. The van der Waals surface area contributed by atoms with E-state index in [1.54, 1.807) is 0 Å². The molecule has 0 saturated carbocycles. The molecule has 3 atom stereocenters. The predicted molar refractivity (Wildman–Crippen MR) is 69.9 cm³/mol. The van der Waals surface area contributed by atoms with E-state index in [0.717, 1.165) is 6.42 Å². The zero-order valence-electron chi connectivity index (χ0n) is 11.4. The molecule has 0 bridgehead atoms. The van der Waals surface area contributed by atoms with Crippen LogP contribution in [0.3, 0.4) is 0 Å². The minimum atomic E-state index is -1.20. The van der Waals surface area contributed by atoms with E-state index in [0.29, 0.717) is 13.2 Å². The molecule has 0 aliphatic carbocycles. The van der Waals surface area contributed by atoms with Crippen LogP contribution >= 0.6 is 0 Å². The molecule has 1 rings (SSSR count). The minimum absolute atomic E-state index is 0.0268. The zero-order chi connectivity index (χ0) is 15.1. The summed E-state index contributed by atoms with van der Waals surface area (Å²) < 4.78 is 5.36. The number of primary amides is 1. The molecule has 5 N–H and O–H groups in total. The maximum Gasteiger partial charge on any atom is 0.326 e. The van der Waals surface area contributed by atoms with Crippen LogP contribution < -0.4 is 16.4 Å². The second kappa shape index (κ2) is 7.68. The van der Waals surface area contributed by atoms with Gasteiger partial charge in [0.15, 0.2) is 0 Å². The van der Waals surface area contributed by atoms with Crippen molar-refractivity contribution >= 4 is 17.9 Å². The number of aliphatic carboxylic acids is 1. The third kappa shape index (κ3) is 5.43. The SMILES string of the molecule is CC1OCCC1CNC(=O)N[C@H](CCC(N)=O)C(=O)O. The summed E-state index contributed by atoms with van der Waals surface area (Å²) in [5, 5.41) is 13.9. The monoisotopic (exact) mass is 287 g/mol. The van der Waals surface area contributed by atoms with Crippen LogP contribution in [-0.4, -0.2) is 48.3 Å². The van der Waals surface area contributed by atoms with Crippen molar-refractivity contribution in [3.63, 3.8) is 0 Å². The van der Waals surface area contributed by atoms with E-state index in [1.807, 2.05) is 6.92 Å². The van der Waals surface area contributed by atoms with E-state index in [9.17, 15) is 14.4 Å². The Morgan fingerprint density at radius 1 is 1.45 bits per heavy atom. The van der Waals surface area contributed by atoms with Gasteiger partial charge in [0, 0.05) is 25.5 Å². The first-order chi connectivity index (χ1) is 9.40. The van der Waals surface area contributed by atoms with Crippen molar-refractivity contribution in [1.29, 1.82) is 0 Å². The lowest BCUT2D eigenvalue weighted by Crippen LogP contribution is -2.47. The summed E-state index contributed by atoms with van der Waals surface area (Å²) in [6, 6.07) is -1.69. The Labute approximate surface area is 117 Å². The van der Waals surface area contributed by atoms with Crippen molar-refractivity contribution in [3.8, 4) is 0 Å². The molecule has 1 fully saturated rings. The van der Waals surface area contributed by atoms with Gasteiger partial charge < -0.3 is 26.2 Å². The number of nitrogens with two attached hydrogens (primary N) is 1. The summed E-state index contributed by atoms with van der Waals surface area (Å²) in [6.07, 6.45) is 0.831. The van der Waals surface area contributed by atoms with E-state index in [-0.39, 0.29) is 24.9 Å². The van der Waals surface area contributed by atoms with Gasteiger partial charge in [0.25, 0.3) is 0 Å². The molecule has 20 heavy (non-hydrogen) atoms. The Hall–Kier alpha value is -1.83. The number of carboxylic acid groups (broad SMARTS) is 1. The number of rotatable bonds is 7. The Morgan fingerprint density at radius 2 is 2.15 bits per heavy atom. The minimum Gasteiger partial charge on any atom is -0.480 e. The summed E-state index contributed by atoms with van der Waals surface area (Å²) in [5.74, 6) is -1.57. The number of urea groups is 1. The van der Waals surface area contributed by atoms with E-state index < -0.39 is 23.9 Å². The number of hydrogen-bond donors (Lipinski definition) is 4. The quantitative estimate of drug-likeness (QED) is 0.498. The number of ether oxygens (including phenoxy) is 1. The van der Waals surface area contributed by atoms with Crippen LogP contribution in [0.25, 0.3) is 0 Å². The van der Waals surface area contributed by atoms with Crippen LogP contribution in [0.15, 0.2) is 0 Å². The molecule has 1 heterocycles. The summed E-state index contributed by atoms with van der Waals surface area (Å²) >= 11 is 0. The molecule has 2 unspecified atom stereocenters. The molecule has 1 saturated heterocycles. The highest BCUT2D eigenvalue weighted by molar-refractivity contribution is 5.83. The van der Waals surface area contributed by atoms with Gasteiger partial charge in [-0.15, -0.1) is 0 Å². The van der Waals surface area contributed by atoms with Crippen LogP contribution in [0.5, 0.6) is 0 Å². The summed E-state index contributed by atoms with van der Waals surface area (Å²) in [5.41, 5.74) is 4.95. The second-order valence-corrected chi connectivity index (χ2v) is 4.87. The van der Waals surface area contributed by atoms with Gasteiger partial charge in [-0.25, -0.2) is 9.59 Å². The van der Waals surface area contributed by atoms with Crippen molar-refractivity contribution in [1.82, 2.24) is 10.6 Å². The average molecular weight is 287 g/mol. The Bertz CT molecular complexity index is 374. The van der Waals surface area contributed by atoms with Gasteiger partial charge in [-0.05, 0) is 19.8 Å². The van der Waals surface area contributed by atoms with Gasteiger partial charge in [0.2, 0.25) is 5.91 Å². The summed E-state index contributed by atoms with van der Waals surface area (Å²) in [4.78, 5) is 33.2. The molecule has 0 aromatic heterocycles. The highest BCUT2D eigenvalue weighted by Crippen LogP contribution is 2.19. The number of carboxylic acids is 1. The molecule has 8 heteroatoms. The first-order valence-corrected chi connectivity index (χ1v) is 6.57. The number of nitrogens with one attached hydrogen (secondary N) is 2. The standard InChI is InChI=1S/C12H21N3O5/c1-7-8(4-5-20-7)6-14-12(19)15-9(11(17)18)2-3-10(13)16/h7-9H,2-6H2,1H3,(H2,13,16)(H,17,18)(H2,14,15,19)/t7?,8?,9-/m1/s1. The lowest BCUT2D eigenvalue weighted by Gasteiger charge is -2.17. The van der Waals surface area contributed by atoms with Crippen LogP contribution in [0, 0.1) is 5.92 Å². The summed E-state index contributed by atoms with van der Waals surface area (Å²) in [6.45, 7) is 3.03. The van der Waals surface area contributed by atoms with Crippen molar-refractivity contribution in [2.24, 2.45) is 11.7 Å². The fourth-order valence-corrected chi connectivity index (χ4v) is 2.02. The normalized spacial score (nSPS) is 23.1. The van der Waals surface area contributed by atoms with Crippen molar-refractivity contribution in [2.45, 2.75) is 38.3 Å². The second-order valence-electron chi connectivity index (χ2n) is 4.87. The van der Waals surface area contributed by atoms with E-state index in [1.165, 1.54) is 0 Å². The lowest BCUT2D eigenvalue weighted by atomic mass is 10.0. The molecule has 0 aromatic rings. The zero-order valence-corrected chi connectivity index (χ0v) is 11.4. The molecule has 3 amide bonds. The number of amides is 3. The molecule has 0 aromatic carbocycles. The maximum absolute atomic E-state index is 11.6. The third-order valence-corrected chi connectivity index (χ3v) is 3.34. The first-order valence-electron chi connectivity index (χ1n) is 6.57. The lowest BCUT2D eigenvalue weighted by molar-refractivity contribution is -0.139. The van der Waals surface area contributed by atoms with E-state index >= 15 is 0 Å². The molecule has 0 spiro atoms. The van der Waals surface area contributed by atoms with Gasteiger partial charge in [-0.1, -0.05) is 0 Å². The van der Waals surface area contributed by atoms with Crippen molar-refractivity contribution in [3.05, 3.63) is 0 Å². The Balaban J connectivity index is 2.33. The van der Waals surface area contributed by atoms with E-state index in [4.69, 9.17) is 15.6 Å². The van der Waals surface area contributed by atoms with E-state index in [2.05, 4.69) is 10.6 Å². The van der Waals surface area contributed by atoms with Crippen LogP contribution in [0.2, 0.25) is 0 Å². The van der Waals surface area contributed by atoms with Gasteiger partial charge >= 0.3 is 12.0 Å². The van der Waals surface area contributed by atoms with Crippen LogP contribution in [0.1, 0.15) is 26.2 Å². The van der Waals surface area contributed by atoms with Crippen molar-refractivity contribution < 1.29 is 24.2 Å². The molecule has 0 radical (unpaired) electrons. The summed E-state index contributed by atoms with van der Waals surface area (Å²) in [7, 11) is 0. The van der Waals surface area contributed by atoms with Gasteiger partial charge in [-0.2, -0.15) is 0 Å². The van der Waals surface area contributed by atoms with Crippen LogP contribution in [0.4, 0.5) is 4.79 Å². The van der Waals surface area contributed by atoms with Crippen molar-refractivity contribution in [2.75, 3.05) is 13.2 Å². The smallest absolute Gasteiger partial charge is 0.326 e. The Morgan fingerprint density at radius 3 is 2.65 bits per heavy atom. The fourth-order valence-electron chi connectivity index (χ4n) is 2.02. The molecule has 114 valence electrons. The Kier molecular flexibility index (Phi) is 6.23. The molecule has 1 aliphatic heterocycles. The fraction of sp³-hybridized carbons (Fsp3) is 0.750.